The molecule has 2 rings (SSSR count). The van der Waals surface area contributed by atoms with E-state index in [0.717, 1.165) is 0 Å². The number of nitrogens with one attached hydrogen (secondary N) is 1. The molecular formula is C11H13N3O2. The Morgan fingerprint density at radius 2 is 2.50 bits per heavy atom. The summed E-state index contributed by atoms with van der Waals surface area (Å²) in [4.78, 5) is 4.10. The molecule has 0 bridgehead atoms. The first-order valence-electron chi connectivity index (χ1n) is 5.18. The molecule has 1 N–H and O–H groups in total. The fourth-order valence-corrected chi connectivity index (χ4v) is 1.50. The van der Waals surface area contributed by atoms with Gasteiger partial charge in [-0.3, -0.25) is 0 Å². The Labute approximate surface area is 94.0 Å². The van der Waals surface area contributed by atoms with E-state index < -0.39 is 0 Å². The molecule has 0 amide bonds. The van der Waals surface area contributed by atoms with Crippen LogP contribution in [0.2, 0.25) is 0 Å². The lowest BCUT2D eigenvalue weighted by atomic mass is 10.2. The van der Waals surface area contributed by atoms with Gasteiger partial charge in [-0.1, -0.05) is 0 Å². The maximum atomic E-state index is 8.87. The van der Waals surface area contributed by atoms with Crippen molar-refractivity contribution in [2.24, 2.45) is 0 Å². The van der Waals surface area contributed by atoms with Crippen molar-refractivity contribution >= 4 is 5.82 Å². The predicted octanol–water partition coefficient (Wildman–Crippen LogP) is 0.781. The third-order valence-electron chi connectivity index (χ3n) is 2.31. The van der Waals surface area contributed by atoms with Crippen LogP contribution in [-0.4, -0.2) is 37.5 Å². The Kier molecular flexibility index (Phi) is 3.70. The van der Waals surface area contributed by atoms with Crippen molar-refractivity contribution in [1.82, 2.24) is 4.98 Å². The van der Waals surface area contributed by atoms with Gasteiger partial charge in [-0.05, 0) is 12.1 Å². The van der Waals surface area contributed by atoms with Crippen LogP contribution in [0.25, 0.3) is 0 Å². The van der Waals surface area contributed by atoms with Crippen molar-refractivity contribution in [2.75, 3.05) is 31.7 Å². The molecule has 5 heteroatoms. The first-order chi connectivity index (χ1) is 7.90. The number of nitriles is 1. The Bertz CT molecular complexity index is 383. The maximum absolute atomic E-state index is 8.87. The van der Waals surface area contributed by atoms with E-state index in [1.807, 2.05) is 0 Å². The van der Waals surface area contributed by atoms with E-state index in [9.17, 15) is 0 Å². The lowest BCUT2D eigenvalue weighted by Crippen LogP contribution is -2.34. The molecule has 0 spiro atoms. The van der Waals surface area contributed by atoms with Crippen LogP contribution in [0.4, 0.5) is 5.82 Å². The fraction of sp³-hybridized carbons (Fsp3) is 0.455. The summed E-state index contributed by atoms with van der Waals surface area (Å²) in [5.74, 6) is 0.596. The van der Waals surface area contributed by atoms with Gasteiger partial charge in [0.05, 0.1) is 31.5 Å². The molecule has 16 heavy (non-hydrogen) atoms. The standard InChI is InChI=1S/C11H13N3O2/c12-6-9-2-1-3-13-11(9)14-7-10-8-15-4-5-16-10/h1-3,10H,4-5,7-8H2,(H,13,14). The van der Waals surface area contributed by atoms with Crippen LogP contribution in [0.15, 0.2) is 18.3 Å². The number of hydrogen-bond donors (Lipinski definition) is 1. The summed E-state index contributed by atoms with van der Waals surface area (Å²) < 4.78 is 10.8. The number of rotatable bonds is 3. The first kappa shape index (κ1) is 10.9. The average molecular weight is 219 g/mol. The molecule has 5 nitrogen and oxygen atoms in total. The number of pyridine rings is 1. The fourth-order valence-electron chi connectivity index (χ4n) is 1.50. The van der Waals surface area contributed by atoms with Gasteiger partial charge in [-0.25, -0.2) is 4.98 Å². The van der Waals surface area contributed by atoms with Crippen molar-refractivity contribution in [3.63, 3.8) is 0 Å². The predicted molar refractivity (Wildman–Crippen MR) is 58.0 cm³/mol. The van der Waals surface area contributed by atoms with Crippen LogP contribution < -0.4 is 5.32 Å². The summed E-state index contributed by atoms with van der Waals surface area (Å²) in [7, 11) is 0. The number of hydrogen-bond acceptors (Lipinski definition) is 5. The van der Waals surface area contributed by atoms with E-state index in [2.05, 4.69) is 16.4 Å². The number of nitrogens with zero attached hydrogens (tertiary/aromatic N) is 2. The van der Waals surface area contributed by atoms with Gasteiger partial charge in [0.25, 0.3) is 0 Å². The van der Waals surface area contributed by atoms with Gasteiger partial charge in [0.1, 0.15) is 11.9 Å². The summed E-state index contributed by atoms with van der Waals surface area (Å²) in [5, 5.41) is 12.0. The Hall–Kier alpha value is -1.64. The highest BCUT2D eigenvalue weighted by Crippen LogP contribution is 2.10. The molecule has 2 heterocycles. The minimum absolute atomic E-state index is 0.0299. The molecule has 84 valence electrons. The van der Waals surface area contributed by atoms with Gasteiger partial charge < -0.3 is 14.8 Å². The summed E-state index contributed by atoms with van der Waals surface area (Å²) in [6, 6.07) is 5.56. The molecule has 0 radical (unpaired) electrons. The van der Waals surface area contributed by atoms with Crippen molar-refractivity contribution < 1.29 is 9.47 Å². The molecule has 0 saturated carbocycles. The van der Waals surface area contributed by atoms with Crippen LogP contribution >= 0.6 is 0 Å². The average Bonchev–Trinajstić information content (AvgIpc) is 2.38. The van der Waals surface area contributed by atoms with Crippen LogP contribution in [0, 0.1) is 11.3 Å². The largest absolute Gasteiger partial charge is 0.376 e. The summed E-state index contributed by atoms with van der Waals surface area (Å²) >= 11 is 0. The van der Waals surface area contributed by atoms with Crippen LogP contribution in [0.5, 0.6) is 0 Å². The summed E-state index contributed by atoms with van der Waals surface area (Å²) in [6.45, 7) is 2.47. The van der Waals surface area contributed by atoms with Gasteiger partial charge in [-0.15, -0.1) is 0 Å². The third kappa shape index (κ3) is 2.69. The normalized spacial score (nSPS) is 20.1. The number of ether oxygens (including phenoxy) is 2. The highest BCUT2D eigenvalue weighted by molar-refractivity contribution is 5.51. The lowest BCUT2D eigenvalue weighted by molar-refractivity contribution is -0.0819. The second-order valence-corrected chi connectivity index (χ2v) is 3.46. The topological polar surface area (TPSA) is 67.2 Å². The third-order valence-corrected chi connectivity index (χ3v) is 2.31. The summed E-state index contributed by atoms with van der Waals surface area (Å²) in [5.41, 5.74) is 0.541. The van der Waals surface area contributed by atoms with Gasteiger partial charge >= 0.3 is 0 Å². The van der Waals surface area contributed by atoms with Gasteiger partial charge in [0.15, 0.2) is 0 Å². The SMILES string of the molecule is N#Cc1cccnc1NCC1COCCO1. The van der Waals surface area contributed by atoms with Gasteiger partial charge in [0.2, 0.25) is 0 Å². The van der Waals surface area contributed by atoms with Crippen molar-refractivity contribution in [2.45, 2.75) is 6.10 Å². The number of anilines is 1. The molecule has 1 aliphatic rings. The van der Waals surface area contributed by atoms with Crippen LogP contribution in [0.3, 0.4) is 0 Å². The number of aromatic nitrogens is 1. The zero-order chi connectivity index (χ0) is 11.2. The molecule has 1 saturated heterocycles. The van der Waals surface area contributed by atoms with E-state index in [0.29, 0.717) is 37.7 Å². The Morgan fingerprint density at radius 3 is 3.25 bits per heavy atom. The monoisotopic (exact) mass is 219 g/mol. The van der Waals surface area contributed by atoms with Crippen molar-refractivity contribution in [3.05, 3.63) is 23.9 Å². The molecule has 0 aliphatic carbocycles. The molecular weight excluding hydrogens is 206 g/mol. The zero-order valence-electron chi connectivity index (χ0n) is 8.85. The Morgan fingerprint density at radius 1 is 1.56 bits per heavy atom. The molecule has 0 aromatic carbocycles. The molecule has 1 aromatic rings. The van der Waals surface area contributed by atoms with E-state index in [4.69, 9.17) is 14.7 Å². The molecule has 1 aromatic heterocycles. The second kappa shape index (κ2) is 5.45. The minimum atomic E-state index is 0.0299. The van der Waals surface area contributed by atoms with Crippen LogP contribution in [0.1, 0.15) is 5.56 Å². The van der Waals surface area contributed by atoms with E-state index in [1.54, 1.807) is 18.3 Å². The molecule has 1 fully saturated rings. The van der Waals surface area contributed by atoms with Gasteiger partial charge in [-0.2, -0.15) is 5.26 Å². The van der Waals surface area contributed by atoms with Crippen molar-refractivity contribution in [3.8, 4) is 6.07 Å². The second-order valence-electron chi connectivity index (χ2n) is 3.46. The van der Waals surface area contributed by atoms with Gasteiger partial charge in [0, 0.05) is 12.7 Å². The molecule has 1 atom stereocenters. The van der Waals surface area contributed by atoms with E-state index in [-0.39, 0.29) is 6.10 Å². The highest BCUT2D eigenvalue weighted by atomic mass is 16.6. The maximum Gasteiger partial charge on any atom is 0.143 e. The Balaban J connectivity index is 1.91. The molecule has 1 aliphatic heterocycles. The quantitative estimate of drug-likeness (QED) is 0.813. The highest BCUT2D eigenvalue weighted by Gasteiger charge is 2.14. The summed E-state index contributed by atoms with van der Waals surface area (Å²) in [6.07, 6.45) is 1.68. The smallest absolute Gasteiger partial charge is 0.143 e. The van der Waals surface area contributed by atoms with E-state index in [1.165, 1.54) is 0 Å². The van der Waals surface area contributed by atoms with E-state index >= 15 is 0 Å². The zero-order valence-corrected chi connectivity index (χ0v) is 8.85. The minimum Gasteiger partial charge on any atom is -0.376 e. The first-order valence-corrected chi connectivity index (χ1v) is 5.18. The lowest BCUT2D eigenvalue weighted by Gasteiger charge is -2.23. The molecule has 1 unspecified atom stereocenters. The van der Waals surface area contributed by atoms with Crippen molar-refractivity contribution in [1.29, 1.82) is 5.26 Å². The van der Waals surface area contributed by atoms with Crippen LogP contribution in [-0.2, 0) is 9.47 Å².